The molecule has 0 saturated carbocycles. The third-order valence-corrected chi connectivity index (χ3v) is 5.20. The van der Waals surface area contributed by atoms with E-state index in [1.54, 1.807) is 13.8 Å². The van der Waals surface area contributed by atoms with Crippen molar-refractivity contribution >= 4 is 27.5 Å². The van der Waals surface area contributed by atoms with Gasteiger partial charge in [0.1, 0.15) is 0 Å². The van der Waals surface area contributed by atoms with E-state index in [4.69, 9.17) is 0 Å². The number of sulfonamides is 1. The standard InChI is InChI=1S/C17H17NO5S/c1-10-8-14(17(20)21)9-16(11(10)2)24(22,23)18-15-6-4-13(5-7-15)12(3)19/h4-9,18H,1-3H3,(H,20,21)/p-1. The lowest BCUT2D eigenvalue weighted by Gasteiger charge is -2.15. The van der Waals surface area contributed by atoms with E-state index in [1.165, 1.54) is 37.3 Å². The fraction of sp³-hybridized carbons (Fsp3) is 0.176. The molecule has 0 fully saturated rings. The molecule has 0 unspecified atom stereocenters. The van der Waals surface area contributed by atoms with Crippen LogP contribution in [0.5, 0.6) is 0 Å². The highest BCUT2D eigenvalue weighted by Crippen LogP contribution is 2.24. The number of nitrogens with one attached hydrogen (secondary N) is 1. The number of anilines is 1. The first-order valence-electron chi connectivity index (χ1n) is 7.08. The summed E-state index contributed by atoms with van der Waals surface area (Å²) in [5.74, 6) is -1.57. The average molecular weight is 346 g/mol. The zero-order chi connectivity index (χ0) is 18.1. The van der Waals surface area contributed by atoms with Gasteiger partial charge in [-0.3, -0.25) is 9.52 Å². The molecular formula is C17H16NO5S-. The predicted molar refractivity (Wildman–Crippen MR) is 87.5 cm³/mol. The number of carbonyl (C=O) groups is 2. The molecule has 126 valence electrons. The van der Waals surface area contributed by atoms with Gasteiger partial charge in [-0.1, -0.05) is 0 Å². The fourth-order valence-electron chi connectivity index (χ4n) is 2.21. The molecule has 0 atom stereocenters. The third kappa shape index (κ3) is 3.62. The largest absolute Gasteiger partial charge is 0.545 e. The lowest BCUT2D eigenvalue weighted by atomic mass is 10.1. The molecule has 6 nitrogen and oxygen atoms in total. The Morgan fingerprint density at radius 3 is 2.08 bits per heavy atom. The maximum absolute atomic E-state index is 12.6. The summed E-state index contributed by atoms with van der Waals surface area (Å²) in [5.41, 5.74) is 1.52. The summed E-state index contributed by atoms with van der Waals surface area (Å²) in [6.07, 6.45) is 0. The molecule has 1 N–H and O–H groups in total. The summed E-state index contributed by atoms with van der Waals surface area (Å²) in [7, 11) is -3.98. The third-order valence-electron chi connectivity index (χ3n) is 3.69. The molecule has 0 aliphatic heterocycles. The predicted octanol–water partition coefficient (Wildman–Crippen LogP) is 1.67. The Bertz CT molecular complexity index is 915. The highest BCUT2D eigenvalue weighted by molar-refractivity contribution is 7.92. The van der Waals surface area contributed by atoms with Crippen LogP contribution in [0.3, 0.4) is 0 Å². The number of aryl methyl sites for hydroxylation is 1. The van der Waals surface area contributed by atoms with Gasteiger partial charge in [-0.2, -0.15) is 0 Å². The van der Waals surface area contributed by atoms with Crippen LogP contribution in [0.4, 0.5) is 5.69 Å². The van der Waals surface area contributed by atoms with Crippen LogP contribution >= 0.6 is 0 Å². The van der Waals surface area contributed by atoms with Gasteiger partial charge in [-0.05, 0) is 73.9 Å². The molecule has 0 spiro atoms. The van der Waals surface area contributed by atoms with Gasteiger partial charge in [0.15, 0.2) is 5.78 Å². The van der Waals surface area contributed by atoms with E-state index in [9.17, 15) is 23.1 Å². The maximum atomic E-state index is 12.6. The normalized spacial score (nSPS) is 11.1. The Balaban J connectivity index is 2.43. The molecule has 0 aromatic heterocycles. The Kier molecular flexibility index (Phi) is 4.75. The van der Waals surface area contributed by atoms with Gasteiger partial charge in [0.25, 0.3) is 10.0 Å². The van der Waals surface area contributed by atoms with Gasteiger partial charge >= 0.3 is 0 Å². The number of carboxylic acids is 1. The highest BCUT2D eigenvalue weighted by atomic mass is 32.2. The molecule has 0 aliphatic carbocycles. The van der Waals surface area contributed by atoms with Crippen LogP contribution in [0, 0.1) is 13.8 Å². The van der Waals surface area contributed by atoms with Gasteiger partial charge in [0, 0.05) is 11.3 Å². The number of carboxylic acid groups (broad SMARTS) is 1. The number of aromatic carboxylic acids is 1. The molecule has 2 aromatic carbocycles. The number of ketones is 1. The van der Waals surface area contributed by atoms with E-state index in [2.05, 4.69) is 4.72 Å². The van der Waals surface area contributed by atoms with Gasteiger partial charge < -0.3 is 9.90 Å². The first kappa shape index (κ1) is 17.7. The van der Waals surface area contributed by atoms with Crippen molar-refractivity contribution in [2.45, 2.75) is 25.7 Å². The number of hydrogen-bond donors (Lipinski definition) is 1. The second-order valence-corrected chi connectivity index (χ2v) is 7.09. The van der Waals surface area contributed by atoms with Crippen molar-refractivity contribution in [3.8, 4) is 0 Å². The molecule has 0 amide bonds. The molecule has 0 heterocycles. The summed E-state index contributed by atoms with van der Waals surface area (Å²) in [6, 6.07) is 8.40. The van der Waals surface area contributed by atoms with Crippen molar-refractivity contribution in [1.29, 1.82) is 0 Å². The quantitative estimate of drug-likeness (QED) is 0.830. The van der Waals surface area contributed by atoms with Crippen molar-refractivity contribution in [2.75, 3.05) is 4.72 Å². The van der Waals surface area contributed by atoms with Crippen LogP contribution < -0.4 is 9.83 Å². The first-order chi connectivity index (χ1) is 11.1. The molecule has 2 aromatic rings. The van der Waals surface area contributed by atoms with Gasteiger partial charge in [0.2, 0.25) is 0 Å². The van der Waals surface area contributed by atoms with Crippen LogP contribution in [0.15, 0.2) is 41.3 Å². The highest BCUT2D eigenvalue weighted by Gasteiger charge is 2.19. The number of carbonyl (C=O) groups excluding carboxylic acids is 2. The monoisotopic (exact) mass is 346 g/mol. The summed E-state index contributed by atoms with van der Waals surface area (Å²) < 4.78 is 27.5. The zero-order valence-electron chi connectivity index (χ0n) is 13.4. The molecule has 0 radical (unpaired) electrons. The van der Waals surface area contributed by atoms with Crippen molar-refractivity contribution < 1.29 is 23.1 Å². The van der Waals surface area contributed by atoms with Crippen LogP contribution in [0.25, 0.3) is 0 Å². The average Bonchev–Trinajstić information content (AvgIpc) is 2.49. The molecule has 0 saturated heterocycles. The first-order valence-corrected chi connectivity index (χ1v) is 8.56. The SMILES string of the molecule is CC(=O)c1ccc(NS(=O)(=O)c2cc(C(=O)[O-])cc(C)c2C)cc1. The van der Waals surface area contributed by atoms with Crippen molar-refractivity contribution in [3.05, 3.63) is 58.7 Å². The Morgan fingerprint density at radius 2 is 1.58 bits per heavy atom. The van der Waals surface area contributed by atoms with Crippen LogP contribution in [-0.4, -0.2) is 20.2 Å². The van der Waals surface area contributed by atoms with Crippen molar-refractivity contribution in [1.82, 2.24) is 0 Å². The topological polar surface area (TPSA) is 103 Å². The van der Waals surface area contributed by atoms with E-state index in [0.29, 0.717) is 16.7 Å². The fourth-order valence-corrected chi connectivity index (χ4v) is 3.61. The summed E-state index contributed by atoms with van der Waals surface area (Å²) in [5, 5.41) is 11.0. The molecule has 0 bridgehead atoms. The van der Waals surface area contributed by atoms with E-state index in [0.717, 1.165) is 6.07 Å². The van der Waals surface area contributed by atoms with Crippen LogP contribution in [0.1, 0.15) is 38.8 Å². The van der Waals surface area contributed by atoms with Gasteiger partial charge in [-0.15, -0.1) is 0 Å². The van der Waals surface area contributed by atoms with Crippen LogP contribution in [-0.2, 0) is 10.0 Å². The Labute approximate surface area is 140 Å². The summed E-state index contributed by atoms with van der Waals surface area (Å²) in [4.78, 5) is 22.2. The number of rotatable bonds is 5. The second kappa shape index (κ2) is 6.45. The van der Waals surface area contributed by atoms with Crippen LogP contribution in [0.2, 0.25) is 0 Å². The minimum atomic E-state index is -3.98. The zero-order valence-corrected chi connectivity index (χ0v) is 14.2. The maximum Gasteiger partial charge on any atom is 0.262 e. The van der Waals surface area contributed by atoms with Gasteiger partial charge in [-0.25, -0.2) is 8.42 Å². The molecular weight excluding hydrogens is 330 g/mol. The Hall–Kier alpha value is -2.67. The van der Waals surface area contributed by atoms with E-state index in [1.807, 2.05) is 0 Å². The van der Waals surface area contributed by atoms with E-state index in [-0.39, 0.29) is 21.9 Å². The summed E-state index contributed by atoms with van der Waals surface area (Å²) in [6.45, 7) is 4.64. The smallest absolute Gasteiger partial charge is 0.262 e. The minimum Gasteiger partial charge on any atom is -0.545 e. The van der Waals surface area contributed by atoms with E-state index >= 15 is 0 Å². The lowest BCUT2D eigenvalue weighted by Crippen LogP contribution is -2.23. The molecule has 2 rings (SSSR count). The van der Waals surface area contributed by atoms with Crippen molar-refractivity contribution in [3.63, 3.8) is 0 Å². The molecule has 7 heteroatoms. The molecule has 24 heavy (non-hydrogen) atoms. The van der Waals surface area contributed by atoms with E-state index < -0.39 is 16.0 Å². The number of benzene rings is 2. The minimum absolute atomic E-state index is 0.127. The Morgan fingerprint density at radius 1 is 1.00 bits per heavy atom. The lowest BCUT2D eigenvalue weighted by molar-refractivity contribution is -0.255. The van der Waals surface area contributed by atoms with Crippen molar-refractivity contribution in [2.24, 2.45) is 0 Å². The molecule has 0 aliphatic rings. The number of hydrogen-bond acceptors (Lipinski definition) is 5. The number of Topliss-reactive ketones (excluding diaryl/α,β-unsaturated/α-hetero) is 1. The van der Waals surface area contributed by atoms with Gasteiger partial charge in [0.05, 0.1) is 10.9 Å². The second-order valence-electron chi connectivity index (χ2n) is 5.44. The summed E-state index contributed by atoms with van der Waals surface area (Å²) >= 11 is 0.